The van der Waals surface area contributed by atoms with Gasteiger partial charge in [0.1, 0.15) is 0 Å². The number of carbonyl (C=O) groups excluding carboxylic acids is 1. The molecule has 1 amide bonds. The summed E-state index contributed by atoms with van der Waals surface area (Å²) in [6, 6.07) is 5.01. The van der Waals surface area contributed by atoms with Crippen LogP contribution in [0.1, 0.15) is 13.8 Å². The minimum atomic E-state index is -0.0875. The van der Waals surface area contributed by atoms with E-state index in [-0.39, 0.29) is 18.1 Å². The Labute approximate surface area is 129 Å². The fourth-order valence-electron chi connectivity index (χ4n) is 2.40. The molecule has 20 heavy (non-hydrogen) atoms. The second kappa shape index (κ2) is 6.76. The number of morpholine rings is 1. The van der Waals surface area contributed by atoms with Crippen LogP contribution in [0.25, 0.3) is 0 Å². The van der Waals surface area contributed by atoms with Crippen molar-refractivity contribution in [3.63, 3.8) is 0 Å². The zero-order valence-electron chi connectivity index (χ0n) is 11.5. The highest BCUT2D eigenvalue weighted by Crippen LogP contribution is 2.25. The minimum absolute atomic E-state index is 0.0875. The Morgan fingerprint density at radius 1 is 1.35 bits per heavy atom. The first-order valence-corrected chi connectivity index (χ1v) is 7.32. The molecule has 0 bridgehead atoms. The molecule has 0 aromatic heterocycles. The molecule has 2 rings (SSSR count). The second-order valence-corrected chi connectivity index (χ2v) is 5.97. The summed E-state index contributed by atoms with van der Waals surface area (Å²) in [6.07, 6.45) is 0.288. The lowest BCUT2D eigenvalue weighted by atomic mass is 10.2. The zero-order valence-corrected chi connectivity index (χ0v) is 13.0. The van der Waals surface area contributed by atoms with Gasteiger partial charge >= 0.3 is 0 Å². The molecule has 1 N–H and O–H groups in total. The summed E-state index contributed by atoms with van der Waals surface area (Å²) in [5.74, 6) is -0.0875. The second-order valence-electron chi connectivity index (χ2n) is 5.12. The van der Waals surface area contributed by atoms with Crippen molar-refractivity contribution in [3.05, 3.63) is 28.2 Å². The van der Waals surface area contributed by atoms with E-state index in [0.717, 1.165) is 13.1 Å². The van der Waals surface area contributed by atoms with Gasteiger partial charge in [0.05, 0.1) is 29.5 Å². The first-order chi connectivity index (χ1) is 9.44. The minimum Gasteiger partial charge on any atom is -0.373 e. The van der Waals surface area contributed by atoms with Crippen molar-refractivity contribution >= 4 is 34.8 Å². The molecule has 0 aliphatic carbocycles. The number of benzene rings is 1. The standard InChI is InChI=1S/C14H18Cl2N2O2/c1-9-6-18(7-10(2)20-9)8-14(19)17-13-4-3-11(15)5-12(13)16/h3-5,9-10H,6-8H2,1-2H3,(H,17,19)/t9-,10+. The first-order valence-electron chi connectivity index (χ1n) is 6.56. The third-order valence-electron chi connectivity index (χ3n) is 3.07. The van der Waals surface area contributed by atoms with Crippen LogP contribution in [0.15, 0.2) is 18.2 Å². The molecule has 1 aliphatic rings. The van der Waals surface area contributed by atoms with Crippen molar-refractivity contribution in [1.82, 2.24) is 4.90 Å². The number of hydrogen-bond acceptors (Lipinski definition) is 3. The summed E-state index contributed by atoms with van der Waals surface area (Å²) < 4.78 is 5.64. The molecule has 6 heteroatoms. The van der Waals surface area contributed by atoms with E-state index in [2.05, 4.69) is 10.2 Å². The lowest BCUT2D eigenvalue weighted by Crippen LogP contribution is -2.48. The first kappa shape index (κ1) is 15.6. The van der Waals surface area contributed by atoms with Gasteiger partial charge in [-0.15, -0.1) is 0 Å². The van der Waals surface area contributed by atoms with E-state index in [1.54, 1.807) is 18.2 Å². The van der Waals surface area contributed by atoms with Crippen molar-refractivity contribution in [1.29, 1.82) is 0 Å². The molecular formula is C14H18Cl2N2O2. The number of halogens is 2. The third-order valence-corrected chi connectivity index (χ3v) is 3.62. The molecule has 1 fully saturated rings. The van der Waals surface area contributed by atoms with Gasteiger partial charge in [0, 0.05) is 18.1 Å². The molecule has 1 aromatic carbocycles. The maximum atomic E-state index is 12.0. The number of ether oxygens (including phenoxy) is 1. The molecule has 1 aliphatic heterocycles. The van der Waals surface area contributed by atoms with Crippen LogP contribution in [0.3, 0.4) is 0 Å². The van der Waals surface area contributed by atoms with Crippen LogP contribution in [-0.4, -0.2) is 42.6 Å². The maximum Gasteiger partial charge on any atom is 0.238 e. The lowest BCUT2D eigenvalue weighted by molar-refractivity contribution is -0.121. The molecule has 110 valence electrons. The molecular weight excluding hydrogens is 299 g/mol. The summed E-state index contributed by atoms with van der Waals surface area (Å²) in [4.78, 5) is 14.1. The van der Waals surface area contributed by atoms with Crippen molar-refractivity contribution < 1.29 is 9.53 Å². The van der Waals surface area contributed by atoms with E-state index in [4.69, 9.17) is 27.9 Å². The number of nitrogens with zero attached hydrogens (tertiary/aromatic N) is 1. The highest BCUT2D eigenvalue weighted by Gasteiger charge is 2.23. The predicted molar refractivity (Wildman–Crippen MR) is 81.5 cm³/mol. The Hall–Kier alpha value is -0.810. The normalized spacial score (nSPS) is 23.6. The molecule has 0 saturated carbocycles. The molecule has 1 aromatic rings. The summed E-state index contributed by atoms with van der Waals surface area (Å²) in [7, 11) is 0. The number of carbonyl (C=O) groups is 1. The van der Waals surface area contributed by atoms with Crippen LogP contribution < -0.4 is 5.32 Å². The highest BCUT2D eigenvalue weighted by atomic mass is 35.5. The van der Waals surface area contributed by atoms with Crippen LogP contribution in [-0.2, 0) is 9.53 Å². The fraction of sp³-hybridized carbons (Fsp3) is 0.500. The maximum absolute atomic E-state index is 12.0. The van der Waals surface area contributed by atoms with Crippen molar-refractivity contribution in [2.45, 2.75) is 26.1 Å². The van der Waals surface area contributed by atoms with Gasteiger partial charge in [-0.05, 0) is 32.0 Å². The largest absolute Gasteiger partial charge is 0.373 e. The average molecular weight is 317 g/mol. The summed E-state index contributed by atoms with van der Waals surface area (Å²) in [5, 5.41) is 3.79. The van der Waals surface area contributed by atoms with Gasteiger partial charge in [0.15, 0.2) is 0 Å². The van der Waals surface area contributed by atoms with Crippen molar-refractivity contribution in [2.24, 2.45) is 0 Å². The third kappa shape index (κ3) is 4.35. The Balaban J connectivity index is 1.92. The number of amides is 1. The van der Waals surface area contributed by atoms with Gasteiger partial charge in [-0.3, -0.25) is 9.69 Å². The van der Waals surface area contributed by atoms with E-state index < -0.39 is 0 Å². The van der Waals surface area contributed by atoms with Crippen molar-refractivity contribution in [2.75, 3.05) is 25.0 Å². The molecule has 0 spiro atoms. The van der Waals surface area contributed by atoms with E-state index in [9.17, 15) is 4.79 Å². The SMILES string of the molecule is C[C@@H]1CN(CC(=O)Nc2ccc(Cl)cc2Cl)C[C@H](C)O1. The average Bonchev–Trinajstić information content (AvgIpc) is 2.31. The van der Waals surface area contributed by atoms with Crippen LogP contribution in [0, 0.1) is 0 Å². The molecule has 1 saturated heterocycles. The zero-order chi connectivity index (χ0) is 14.7. The molecule has 2 atom stereocenters. The quantitative estimate of drug-likeness (QED) is 0.932. The van der Waals surface area contributed by atoms with E-state index in [1.807, 2.05) is 13.8 Å². The summed E-state index contributed by atoms with van der Waals surface area (Å²) in [5.41, 5.74) is 0.579. The monoisotopic (exact) mass is 316 g/mol. The topological polar surface area (TPSA) is 41.6 Å². The molecule has 0 unspecified atom stereocenters. The summed E-state index contributed by atoms with van der Waals surface area (Å²) >= 11 is 11.9. The van der Waals surface area contributed by atoms with Gasteiger partial charge in [-0.2, -0.15) is 0 Å². The van der Waals surface area contributed by atoms with Gasteiger partial charge < -0.3 is 10.1 Å². The van der Waals surface area contributed by atoms with Gasteiger partial charge in [0.25, 0.3) is 0 Å². The van der Waals surface area contributed by atoms with Gasteiger partial charge in [-0.1, -0.05) is 23.2 Å². The van der Waals surface area contributed by atoms with Crippen molar-refractivity contribution in [3.8, 4) is 0 Å². The Morgan fingerprint density at radius 2 is 2.00 bits per heavy atom. The Bertz CT molecular complexity index is 486. The number of hydrogen-bond donors (Lipinski definition) is 1. The molecule has 0 radical (unpaired) electrons. The Morgan fingerprint density at radius 3 is 2.60 bits per heavy atom. The van der Waals surface area contributed by atoms with E-state index in [1.165, 1.54) is 0 Å². The van der Waals surface area contributed by atoms with E-state index >= 15 is 0 Å². The number of nitrogens with one attached hydrogen (secondary N) is 1. The van der Waals surface area contributed by atoms with Crippen LogP contribution in [0.4, 0.5) is 5.69 Å². The highest BCUT2D eigenvalue weighted by molar-refractivity contribution is 6.36. The van der Waals surface area contributed by atoms with Crippen LogP contribution in [0.5, 0.6) is 0 Å². The van der Waals surface area contributed by atoms with Gasteiger partial charge in [-0.25, -0.2) is 0 Å². The molecule has 4 nitrogen and oxygen atoms in total. The van der Waals surface area contributed by atoms with Crippen LogP contribution >= 0.6 is 23.2 Å². The van der Waals surface area contributed by atoms with Gasteiger partial charge in [0.2, 0.25) is 5.91 Å². The smallest absolute Gasteiger partial charge is 0.238 e. The number of anilines is 1. The Kier molecular flexibility index (Phi) is 5.27. The fourth-order valence-corrected chi connectivity index (χ4v) is 2.85. The van der Waals surface area contributed by atoms with E-state index in [0.29, 0.717) is 22.3 Å². The molecule has 1 heterocycles. The van der Waals surface area contributed by atoms with Crippen LogP contribution in [0.2, 0.25) is 10.0 Å². The lowest BCUT2D eigenvalue weighted by Gasteiger charge is -2.34. The summed E-state index contributed by atoms with van der Waals surface area (Å²) in [6.45, 7) is 5.86. The predicted octanol–water partition coefficient (Wildman–Crippen LogP) is 3.04. The number of rotatable bonds is 3.